The highest BCUT2D eigenvalue weighted by molar-refractivity contribution is 14.1. The van der Waals surface area contributed by atoms with Gasteiger partial charge in [0.05, 0.1) is 33.1 Å². The Morgan fingerprint density at radius 3 is 2.66 bits per heavy atom. The van der Waals surface area contributed by atoms with Crippen LogP contribution in [0.5, 0.6) is 5.75 Å². The van der Waals surface area contributed by atoms with Crippen LogP contribution in [0.15, 0.2) is 84.5 Å². The number of ether oxygens (including phenoxy) is 2. The maximum Gasteiger partial charge on any atom is 0.338 e. The molecule has 0 saturated carbocycles. The molecule has 7 nitrogen and oxygen atoms in total. The molecule has 1 atom stereocenters. The largest absolute Gasteiger partial charge is 0.496 e. The van der Waals surface area contributed by atoms with Gasteiger partial charge in [-0.25, -0.2) is 9.79 Å². The molecule has 2 aromatic carbocycles. The summed E-state index contributed by atoms with van der Waals surface area (Å²) in [6, 6.07) is 16.2. The normalized spacial score (nSPS) is 15.3. The Balaban J connectivity index is 1.67. The van der Waals surface area contributed by atoms with Crippen LogP contribution in [0.4, 0.5) is 0 Å². The quantitative estimate of drug-likeness (QED) is 0.198. The number of benzene rings is 2. The molecule has 0 fully saturated rings. The molecule has 10 heteroatoms. The van der Waals surface area contributed by atoms with E-state index in [0.717, 1.165) is 24.9 Å². The zero-order valence-corrected chi connectivity index (χ0v) is 25.2. The first-order valence-electron chi connectivity index (χ1n) is 11.7. The third-order valence-electron chi connectivity index (χ3n) is 6.02. The van der Waals surface area contributed by atoms with Crippen LogP contribution >= 0.6 is 49.9 Å². The lowest BCUT2D eigenvalue weighted by molar-refractivity contribution is -0.139. The van der Waals surface area contributed by atoms with Crippen LogP contribution in [0.2, 0.25) is 0 Å². The van der Waals surface area contributed by atoms with Crippen molar-refractivity contribution in [2.75, 3.05) is 13.7 Å². The van der Waals surface area contributed by atoms with Crippen molar-refractivity contribution >= 4 is 61.9 Å². The van der Waals surface area contributed by atoms with E-state index in [-0.39, 0.29) is 17.7 Å². The smallest absolute Gasteiger partial charge is 0.338 e. The van der Waals surface area contributed by atoms with E-state index in [1.165, 1.54) is 15.9 Å². The minimum absolute atomic E-state index is 0.200. The second kappa shape index (κ2) is 11.0. The van der Waals surface area contributed by atoms with Crippen molar-refractivity contribution in [3.8, 4) is 17.1 Å². The molecule has 38 heavy (non-hydrogen) atoms. The van der Waals surface area contributed by atoms with E-state index >= 15 is 0 Å². The number of thiazole rings is 1. The number of aromatic nitrogens is 1. The van der Waals surface area contributed by atoms with Gasteiger partial charge in [-0.2, -0.15) is 0 Å². The fraction of sp³-hybridized carbons (Fsp3) is 0.179. The summed E-state index contributed by atoms with van der Waals surface area (Å²) in [5.74, 6) is 1.31. The van der Waals surface area contributed by atoms with Crippen molar-refractivity contribution in [2.45, 2.75) is 19.9 Å². The topological polar surface area (TPSA) is 83.0 Å². The van der Waals surface area contributed by atoms with Crippen molar-refractivity contribution in [2.24, 2.45) is 4.99 Å². The van der Waals surface area contributed by atoms with Gasteiger partial charge in [0.2, 0.25) is 0 Å². The van der Waals surface area contributed by atoms with E-state index in [0.29, 0.717) is 26.6 Å². The second-order valence-corrected chi connectivity index (χ2v) is 11.5. The Morgan fingerprint density at radius 2 is 1.97 bits per heavy atom. The number of carbonyl (C=O) groups excluding carboxylic acids is 1. The third kappa shape index (κ3) is 5.04. The molecule has 5 rings (SSSR count). The first-order chi connectivity index (χ1) is 18.3. The molecule has 0 unspecified atom stereocenters. The first-order valence-corrected chi connectivity index (χ1v) is 14.4. The molecule has 2 aromatic heterocycles. The summed E-state index contributed by atoms with van der Waals surface area (Å²) >= 11 is 6.91. The zero-order valence-electron chi connectivity index (χ0n) is 20.7. The van der Waals surface area contributed by atoms with Crippen molar-refractivity contribution in [3.63, 3.8) is 0 Å². The Labute approximate surface area is 244 Å². The molecule has 0 bridgehead atoms. The van der Waals surface area contributed by atoms with Gasteiger partial charge in [0.25, 0.3) is 5.56 Å². The molecular formula is C28H22BrIN2O5S. The predicted molar refractivity (Wildman–Crippen MR) is 158 cm³/mol. The van der Waals surface area contributed by atoms with Crippen LogP contribution in [0.3, 0.4) is 0 Å². The highest BCUT2D eigenvalue weighted by Crippen LogP contribution is 2.34. The number of hydrogen-bond donors (Lipinski definition) is 0. The van der Waals surface area contributed by atoms with Crippen LogP contribution in [0.25, 0.3) is 17.4 Å². The molecule has 0 saturated heterocycles. The first kappa shape index (κ1) is 26.6. The van der Waals surface area contributed by atoms with Gasteiger partial charge in [-0.05, 0) is 84.5 Å². The van der Waals surface area contributed by atoms with Gasteiger partial charge in [-0.3, -0.25) is 9.36 Å². The molecule has 3 heterocycles. The lowest BCUT2D eigenvalue weighted by Gasteiger charge is -2.22. The molecule has 1 aliphatic heterocycles. The number of carbonyl (C=O) groups is 1. The lowest BCUT2D eigenvalue weighted by Crippen LogP contribution is -2.39. The van der Waals surface area contributed by atoms with Gasteiger partial charge in [0, 0.05) is 10.0 Å². The number of furan rings is 1. The maximum absolute atomic E-state index is 13.8. The minimum atomic E-state index is -0.812. The fourth-order valence-corrected chi connectivity index (χ4v) is 6.32. The predicted octanol–water partition coefficient (Wildman–Crippen LogP) is 5.43. The summed E-state index contributed by atoms with van der Waals surface area (Å²) in [5, 5.41) is 0. The van der Waals surface area contributed by atoms with Crippen LogP contribution < -0.4 is 19.6 Å². The van der Waals surface area contributed by atoms with Crippen LogP contribution in [-0.2, 0) is 9.53 Å². The van der Waals surface area contributed by atoms with Gasteiger partial charge in [-0.15, -0.1) is 0 Å². The van der Waals surface area contributed by atoms with Crippen LogP contribution in [0.1, 0.15) is 31.2 Å². The van der Waals surface area contributed by atoms with E-state index in [9.17, 15) is 9.59 Å². The standard InChI is InChI=1S/C28H22BrIN2O5S/c1-4-36-27(34)24-15(2)31-28-32(25(24)22-12-11-20(37-22)17-6-8-18(29)9-7-17)26(33)23(38-28)14-16-5-10-21(35-3)19(30)13-16/h5-14,25H,4H2,1-3H3/b23-14-/t25-/m0/s1. The Hall–Kier alpha value is -2.96. The van der Waals surface area contributed by atoms with E-state index < -0.39 is 12.0 Å². The number of halogens is 2. The molecule has 0 aliphatic carbocycles. The zero-order chi connectivity index (χ0) is 27.0. The van der Waals surface area contributed by atoms with E-state index in [1.54, 1.807) is 27.0 Å². The summed E-state index contributed by atoms with van der Waals surface area (Å²) in [6.45, 7) is 3.69. The number of rotatable bonds is 6. The Bertz CT molecular complexity index is 1750. The van der Waals surface area contributed by atoms with E-state index in [4.69, 9.17) is 13.9 Å². The number of esters is 1. The molecular weight excluding hydrogens is 683 g/mol. The van der Waals surface area contributed by atoms with Crippen molar-refractivity contribution in [3.05, 3.63) is 105 Å². The lowest BCUT2D eigenvalue weighted by atomic mass is 10.0. The average Bonchev–Trinajstić information content (AvgIpc) is 3.49. The summed E-state index contributed by atoms with van der Waals surface area (Å²) in [5.41, 5.74) is 2.23. The third-order valence-corrected chi connectivity index (χ3v) is 8.37. The van der Waals surface area contributed by atoms with Crippen LogP contribution in [0, 0.1) is 3.57 Å². The second-order valence-electron chi connectivity index (χ2n) is 8.41. The Kier molecular flexibility index (Phi) is 7.73. The molecule has 194 valence electrons. The van der Waals surface area contributed by atoms with Crippen molar-refractivity contribution in [1.82, 2.24) is 4.57 Å². The van der Waals surface area contributed by atoms with E-state index in [1.807, 2.05) is 54.6 Å². The van der Waals surface area contributed by atoms with Crippen LogP contribution in [-0.4, -0.2) is 24.3 Å². The highest BCUT2D eigenvalue weighted by atomic mass is 127. The molecule has 0 N–H and O–H groups in total. The average molecular weight is 705 g/mol. The minimum Gasteiger partial charge on any atom is -0.496 e. The van der Waals surface area contributed by atoms with E-state index in [2.05, 4.69) is 43.5 Å². The SMILES string of the molecule is CCOC(=O)C1=C(C)N=c2s/c(=C\c3ccc(OC)c(I)c3)c(=O)n2[C@H]1c1ccc(-c2ccc(Br)cc2)o1. The van der Waals surface area contributed by atoms with Crippen molar-refractivity contribution < 1.29 is 18.7 Å². The Morgan fingerprint density at radius 1 is 1.21 bits per heavy atom. The molecule has 4 aromatic rings. The monoisotopic (exact) mass is 704 g/mol. The number of hydrogen-bond acceptors (Lipinski definition) is 7. The number of nitrogens with zero attached hydrogens (tertiary/aromatic N) is 2. The number of fused-ring (bicyclic) bond motifs is 1. The summed E-state index contributed by atoms with van der Waals surface area (Å²) in [6.07, 6.45) is 1.82. The van der Waals surface area contributed by atoms with Gasteiger partial charge < -0.3 is 13.9 Å². The van der Waals surface area contributed by atoms with Crippen molar-refractivity contribution in [1.29, 1.82) is 0 Å². The summed E-state index contributed by atoms with van der Waals surface area (Å²) in [4.78, 5) is 32.0. The van der Waals surface area contributed by atoms with Gasteiger partial charge in [0.1, 0.15) is 23.3 Å². The molecule has 0 radical (unpaired) electrons. The maximum atomic E-state index is 13.8. The summed E-state index contributed by atoms with van der Waals surface area (Å²) in [7, 11) is 1.62. The number of allylic oxidation sites excluding steroid dienone is 1. The molecule has 1 aliphatic rings. The highest BCUT2D eigenvalue weighted by Gasteiger charge is 2.35. The van der Waals surface area contributed by atoms with Gasteiger partial charge >= 0.3 is 5.97 Å². The fourth-order valence-electron chi connectivity index (χ4n) is 4.25. The number of methoxy groups -OCH3 is 1. The molecule has 0 spiro atoms. The molecule has 0 amide bonds. The van der Waals surface area contributed by atoms with Gasteiger partial charge in [0.15, 0.2) is 4.80 Å². The summed E-state index contributed by atoms with van der Waals surface area (Å²) < 4.78 is 20.9. The van der Waals surface area contributed by atoms with Gasteiger partial charge in [-0.1, -0.05) is 45.5 Å².